The Kier molecular flexibility index (Phi) is 4.68. The van der Waals surface area contributed by atoms with Gasteiger partial charge in [-0.3, -0.25) is 10.1 Å². The lowest BCUT2D eigenvalue weighted by Crippen LogP contribution is -2.15. The fourth-order valence-electron chi connectivity index (χ4n) is 2.10. The van der Waals surface area contributed by atoms with Gasteiger partial charge in [0.15, 0.2) is 5.82 Å². The molecule has 4 nitrogen and oxygen atoms in total. The smallest absolute Gasteiger partial charge is 0.296 e. The highest BCUT2D eigenvalue weighted by molar-refractivity contribution is 7.10. The van der Waals surface area contributed by atoms with Gasteiger partial charge in [-0.1, -0.05) is 18.2 Å². The number of carbonyl (C=O) groups excluding carboxylic acids is 1. The molecular weight excluding hydrogens is 377 g/mol. The molecule has 10 heteroatoms. The highest BCUT2D eigenvalue weighted by Gasteiger charge is 2.30. The van der Waals surface area contributed by atoms with Crippen LogP contribution in [0.3, 0.4) is 0 Å². The van der Waals surface area contributed by atoms with Crippen LogP contribution in [0.4, 0.5) is 27.1 Å². The van der Waals surface area contributed by atoms with Crippen LogP contribution in [0.2, 0.25) is 0 Å². The molecule has 0 bridgehead atoms. The summed E-state index contributed by atoms with van der Waals surface area (Å²) in [7, 11) is 0. The van der Waals surface area contributed by atoms with Gasteiger partial charge in [-0.2, -0.15) is 22.5 Å². The first-order valence-corrected chi connectivity index (χ1v) is 7.80. The minimum atomic E-state index is -4.52. The zero-order chi connectivity index (χ0) is 18.9. The van der Waals surface area contributed by atoms with Gasteiger partial charge in [-0.15, -0.1) is 0 Å². The van der Waals surface area contributed by atoms with Crippen LogP contribution in [0.5, 0.6) is 0 Å². The molecule has 1 N–H and O–H groups in total. The normalized spacial score (nSPS) is 11.4. The van der Waals surface area contributed by atoms with Gasteiger partial charge < -0.3 is 0 Å². The Morgan fingerprint density at radius 2 is 1.69 bits per heavy atom. The number of hydrogen-bond donors (Lipinski definition) is 1. The second-order valence-corrected chi connectivity index (χ2v) is 5.80. The predicted molar refractivity (Wildman–Crippen MR) is 84.7 cm³/mol. The van der Waals surface area contributed by atoms with Crippen molar-refractivity contribution >= 4 is 22.6 Å². The number of benzene rings is 2. The number of alkyl halides is 3. The summed E-state index contributed by atoms with van der Waals surface area (Å²) in [5, 5.41) is 2.07. The number of halogens is 5. The van der Waals surface area contributed by atoms with E-state index in [1.54, 1.807) is 0 Å². The minimum absolute atomic E-state index is 0.0506. The summed E-state index contributed by atoms with van der Waals surface area (Å²) in [5.41, 5.74) is -1.57. The van der Waals surface area contributed by atoms with E-state index in [2.05, 4.69) is 14.7 Å². The first kappa shape index (κ1) is 17.9. The number of carbonyl (C=O) groups is 1. The number of amides is 1. The van der Waals surface area contributed by atoms with Gasteiger partial charge in [0.25, 0.3) is 5.91 Å². The highest BCUT2D eigenvalue weighted by atomic mass is 32.1. The molecule has 1 amide bonds. The molecule has 0 aliphatic carbocycles. The van der Waals surface area contributed by atoms with Crippen molar-refractivity contribution in [1.82, 2.24) is 9.36 Å². The number of rotatable bonds is 3. The molecule has 0 atom stereocenters. The topological polar surface area (TPSA) is 54.9 Å². The molecule has 1 aromatic heterocycles. The third-order valence-electron chi connectivity index (χ3n) is 3.28. The van der Waals surface area contributed by atoms with Crippen molar-refractivity contribution in [2.45, 2.75) is 6.18 Å². The van der Waals surface area contributed by atoms with E-state index >= 15 is 0 Å². The predicted octanol–water partition coefficient (Wildman–Crippen LogP) is 4.75. The molecule has 0 aliphatic rings. The molecule has 0 aliphatic heterocycles. The second kappa shape index (κ2) is 6.79. The molecule has 3 aromatic rings. The van der Waals surface area contributed by atoms with Crippen LogP contribution in [-0.4, -0.2) is 15.3 Å². The van der Waals surface area contributed by atoms with E-state index in [-0.39, 0.29) is 16.5 Å². The van der Waals surface area contributed by atoms with E-state index in [9.17, 15) is 26.7 Å². The molecule has 26 heavy (non-hydrogen) atoms. The molecule has 0 radical (unpaired) electrons. The fourth-order valence-corrected chi connectivity index (χ4v) is 2.69. The maximum atomic E-state index is 13.6. The van der Waals surface area contributed by atoms with Crippen LogP contribution >= 0.6 is 11.5 Å². The summed E-state index contributed by atoms with van der Waals surface area (Å²) in [6, 6.07) is 7.30. The number of nitrogens with one attached hydrogen (secondary N) is 1. The molecular formula is C16H8F5N3OS. The van der Waals surface area contributed by atoms with Crippen molar-refractivity contribution < 1.29 is 26.7 Å². The summed E-state index contributed by atoms with van der Waals surface area (Å²) >= 11 is 0.673. The SMILES string of the molecule is O=C(Nc1nc(-c2cccc(C(F)(F)F)c2)ns1)c1c(F)cccc1F. The van der Waals surface area contributed by atoms with Crippen LogP contribution < -0.4 is 5.32 Å². The summed E-state index contributed by atoms with van der Waals surface area (Å²) in [4.78, 5) is 15.9. The maximum Gasteiger partial charge on any atom is 0.416 e. The van der Waals surface area contributed by atoms with E-state index in [1.165, 1.54) is 12.1 Å². The summed E-state index contributed by atoms with van der Waals surface area (Å²) in [5.74, 6) is -3.23. The lowest BCUT2D eigenvalue weighted by atomic mass is 10.1. The van der Waals surface area contributed by atoms with Gasteiger partial charge in [0.05, 0.1) is 5.56 Å². The summed E-state index contributed by atoms with van der Waals surface area (Å²) < 4.78 is 69.3. The Morgan fingerprint density at radius 3 is 2.35 bits per heavy atom. The first-order valence-electron chi connectivity index (χ1n) is 7.02. The van der Waals surface area contributed by atoms with E-state index in [1.807, 2.05) is 0 Å². The summed E-state index contributed by atoms with van der Waals surface area (Å²) in [6.45, 7) is 0. The minimum Gasteiger partial charge on any atom is -0.296 e. The van der Waals surface area contributed by atoms with Crippen LogP contribution in [0.15, 0.2) is 42.5 Å². The van der Waals surface area contributed by atoms with Crippen LogP contribution in [-0.2, 0) is 6.18 Å². The van der Waals surface area contributed by atoms with E-state index in [0.29, 0.717) is 11.5 Å². The van der Waals surface area contributed by atoms with Crippen molar-refractivity contribution in [3.63, 3.8) is 0 Å². The van der Waals surface area contributed by atoms with Crippen molar-refractivity contribution in [3.05, 3.63) is 65.2 Å². The second-order valence-electron chi connectivity index (χ2n) is 5.05. The number of anilines is 1. The standard InChI is InChI=1S/C16H8F5N3OS/c17-10-5-2-6-11(18)12(10)14(25)23-15-22-13(24-26-15)8-3-1-4-9(7-8)16(19,20)21/h1-7H,(H,22,23,24,25). The van der Waals surface area contributed by atoms with Gasteiger partial charge >= 0.3 is 6.18 Å². The maximum absolute atomic E-state index is 13.6. The molecule has 0 unspecified atom stereocenters. The Labute approximate surface area is 147 Å². The number of hydrogen-bond acceptors (Lipinski definition) is 4. The third-order valence-corrected chi connectivity index (χ3v) is 3.91. The van der Waals surface area contributed by atoms with Crippen LogP contribution in [0.1, 0.15) is 15.9 Å². The first-order chi connectivity index (χ1) is 12.3. The van der Waals surface area contributed by atoms with Crippen molar-refractivity contribution in [3.8, 4) is 11.4 Å². The fraction of sp³-hybridized carbons (Fsp3) is 0.0625. The van der Waals surface area contributed by atoms with E-state index < -0.39 is 34.8 Å². The molecule has 3 rings (SSSR count). The number of aromatic nitrogens is 2. The Hall–Kier alpha value is -2.88. The molecule has 2 aromatic carbocycles. The van der Waals surface area contributed by atoms with Crippen molar-refractivity contribution in [2.24, 2.45) is 0 Å². The monoisotopic (exact) mass is 385 g/mol. The Bertz CT molecular complexity index is 950. The Morgan fingerprint density at radius 1 is 1.04 bits per heavy atom. The van der Waals surface area contributed by atoms with Crippen LogP contribution in [0, 0.1) is 11.6 Å². The van der Waals surface area contributed by atoms with Gasteiger partial charge in [-0.25, -0.2) is 8.78 Å². The molecule has 0 fully saturated rings. The van der Waals surface area contributed by atoms with E-state index in [4.69, 9.17) is 0 Å². The molecule has 0 spiro atoms. The van der Waals surface area contributed by atoms with Crippen molar-refractivity contribution in [2.75, 3.05) is 5.32 Å². The van der Waals surface area contributed by atoms with Crippen molar-refractivity contribution in [1.29, 1.82) is 0 Å². The largest absolute Gasteiger partial charge is 0.416 e. The van der Waals surface area contributed by atoms with Gasteiger partial charge in [0, 0.05) is 17.1 Å². The molecule has 134 valence electrons. The Balaban J connectivity index is 1.84. The lowest BCUT2D eigenvalue weighted by molar-refractivity contribution is -0.137. The van der Waals surface area contributed by atoms with Crippen LogP contribution in [0.25, 0.3) is 11.4 Å². The summed E-state index contributed by atoms with van der Waals surface area (Å²) in [6.07, 6.45) is -4.52. The van der Waals surface area contributed by atoms with Gasteiger partial charge in [0.2, 0.25) is 5.13 Å². The lowest BCUT2D eigenvalue weighted by Gasteiger charge is -2.06. The average molecular weight is 385 g/mol. The average Bonchev–Trinajstić information content (AvgIpc) is 3.02. The van der Waals surface area contributed by atoms with Gasteiger partial charge in [-0.05, 0) is 24.3 Å². The molecule has 0 saturated heterocycles. The van der Waals surface area contributed by atoms with Gasteiger partial charge in [0.1, 0.15) is 17.2 Å². The van der Waals surface area contributed by atoms with E-state index in [0.717, 1.165) is 30.3 Å². The zero-order valence-electron chi connectivity index (χ0n) is 12.6. The zero-order valence-corrected chi connectivity index (χ0v) is 13.5. The third kappa shape index (κ3) is 3.69. The molecule has 1 heterocycles. The number of nitrogens with zero attached hydrogens (tertiary/aromatic N) is 2. The quantitative estimate of drug-likeness (QED) is 0.662. The molecule has 0 saturated carbocycles. The highest BCUT2D eigenvalue weighted by Crippen LogP contribution is 2.32.